The highest BCUT2D eigenvalue weighted by molar-refractivity contribution is 5.85. The van der Waals surface area contributed by atoms with E-state index in [1.807, 2.05) is 0 Å². The molecule has 0 spiro atoms. The number of rotatable bonds is 5. The molecule has 4 nitrogen and oxygen atoms in total. The third kappa shape index (κ3) is 6.44. The van der Waals surface area contributed by atoms with E-state index >= 15 is 0 Å². The van der Waals surface area contributed by atoms with Gasteiger partial charge in [-0.2, -0.15) is 0 Å². The van der Waals surface area contributed by atoms with Gasteiger partial charge in [0.2, 0.25) is 0 Å². The number of carbonyl (C=O) groups excluding carboxylic acids is 1. The smallest absolute Gasteiger partial charge is 0.410 e. The van der Waals surface area contributed by atoms with Crippen LogP contribution in [0.25, 0.3) is 0 Å². The summed E-state index contributed by atoms with van der Waals surface area (Å²) in [7, 11) is 5.94. The van der Waals surface area contributed by atoms with Crippen LogP contribution in [0.15, 0.2) is 48.5 Å². The lowest BCUT2D eigenvalue weighted by Crippen LogP contribution is -2.40. The van der Waals surface area contributed by atoms with E-state index in [1.54, 1.807) is 11.9 Å². The Hall–Kier alpha value is -2.11. The molecule has 1 saturated carbocycles. The summed E-state index contributed by atoms with van der Waals surface area (Å²) in [5.41, 5.74) is 2.71. The van der Waals surface area contributed by atoms with Crippen molar-refractivity contribution in [3.05, 3.63) is 65.5 Å². The first-order valence-corrected chi connectivity index (χ1v) is 9.86. The second kappa shape index (κ2) is 10.6. The zero-order valence-electron chi connectivity index (χ0n) is 17.3. The van der Waals surface area contributed by atoms with Crippen LogP contribution in [0, 0.1) is 5.82 Å². The summed E-state index contributed by atoms with van der Waals surface area (Å²) in [4.78, 5) is 16.2. The lowest BCUT2D eigenvalue weighted by atomic mass is 9.81. The number of ether oxygens (including phenoxy) is 1. The maximum atomic E-state index is 13.0. The Labute approximate surface area is 179 Å². The number of halogens is 2. The standard InChI is InChI=1S/C23H29FN2O2.ClH/c1-25(2)16-17-4-6-18(7-5-17)19-8-12-21(13-9-19)26(3)23(27)28-22-14-10-20(24)11-15-22;/h4-7,10-11,14-15,19,21H,8-9,12-13,16H2,1-3H3;1H/t19-,21-;. The number of carbonyl (C=O) groups is 1. The summed E-state index contributed by atoms with van der Waals surface area (Å²) in [6.45, 7) is 0.952. The third-order valence-corrected chi connectivity index (χ3v) is 5.50. The lowest BCUT2D eigenvalue weighted by Gasteiger charge is -2.34. The van der Waals surface area contributed by atoms with E-state index < -0.39 is 0 Å². The molecule has 6 heteroatoms. The van der Waals surface area contributed by atoms with Crippen LogP contribution in [0.2, 0.25) is 0 Å². The topological polar surface area (TPSA) is 32.8 Å². The van der Waals surface area contributed by atoms with E-state index in [2.05, 4.69) is 43.3 Å². The zero-order chi connectivity index (χ0) is 20.1. The molecule has 1 aliphatic rings. The van der Waals surface area contributed by atoms with Gasteiger partial charge in [0.1, 0.15) is 11.6 Å². The van der Waals surface area contributed by atoms with Crippen LogP contribution in [0.3, 0.4) is 0 Å². The molecule has 2 aromatic rings. The fourth-order valence-electron chi connectivity index (χ4n) is 3.88. The zero-order valence-corrected chi connectivity index (χ0v) is 18.1. The van der Waals surface area contributed by atoms with Crippen molar-refractivity contribution in [1.29, 1.82) is 0 Å². The summed E-state index contributed by atoms with van der Waals surface area (Å²) in [6, 6.07) is 14.6. The predicted octanol–water partition coefficient (Wildman–Crippen LogP) is 5.47. The molecule has 0 unspecified atom stereocenters. The quantitative estimate of drug-likeness (QED) is 0.643. The van der Waals surface area contributed by atoms with Crippen LogP contribution in [-0.2, 0) is 6.54 Å². The Balaban J connectivity index is 0.00000300. The minimum Gasteiger partial charge on any atom is -0.410 e. The van der Waals surface area contributed by atoms with Crippen molar-refractivity contribution in [3.8, 4) is 5.75 Å². The number of hydrogen-bond acceptors (Lipinski definition) is 3. The highest BCUT2D eigenvalue weighted by Crippen LogP contribution is 2.34. The van der Waals surface area contributed by atoms with Gasteiger partial charge in [-0.15, -0.1) is 12.4 Å². The number of hydrogen-bond donors (Lipinski definition) is 0. The Bertz CT molecular complexity index is 772. The number of benzene rings is 2. The molecule has 158 valence electrons. The molecule has 3 rings (SSSR count). The number of nitrogens with zero attached hydrogens (tertiary/aromatic N) is 2. The first-order valence-electron chi connectivity index (χ1n) is 9.86. The van der Waals surface area contributed by atoms with Gasteiger partial charge in [0, 0.05) is 19.6 Å². The third-order valence-electron chi connectivity index (χ3n) is 5.50. The van der Waals surface area contributed by atoms with Crippen LogP contribution in [0.5, 0.6) is 5.75 Å². The fraction of sp³-hybridized carbons (Fsp3) is 0.435. The summed E-state index contributed by atoms with van der Waals surface area (Å²) in [5.74, 6) is 0.567. The molecule has 0 heterocycles. The van der Waals surface area contributed by atoms with E-state index in [0.29, 0.717) is 11.7 Å². The van der Waals surface area contributed by atoms with E-state index in [1.165, 1.54) is 35.4 Å². The summed E-state index contributed by atoms with van der Waals surface area (Å²) < 4.78 is 18.3. The normalized spacial score (nSPS) is 18.8. The van der Waals surface area contributed by atoms with Crippen molar-refractivity contribution < 1.29 is 13.9 Å². The number of amides is 1. The average molecular weight is 421 g/mol. The first kappa shape index (κ1) is 23.2. The molecule has 2 aromatic carbocycles. The molecular weight excluding hydrogens is 391 g/mol. The Morgan fingerprint density at radius 3 is 2.10 bits per heavy atom. The van der Waals surface area contributed by atoms with Gasteiger partial charge in [0.05, 0.1) is 0 Å². The van der Waals surface area contributed by atoms with E-state index in [-0.39, 0.29) is 30.4 Å². The van der Waals surface area contributed by atoms with Crippen LogP contribution < -0.4 is 4.74 Å². The van der Waals surface area contributed by atoms with Crippen molar-refractivity contribution in [2.75, 3.05) is 21.1 Å². The monoisotopic (exact) mass is 420 g/mol. The summed E-state index contributed by atoms with van der Waals surface area (Å²) in [6.07, 6.45) is 3.65. The van der Waals surface area contributed by atoms with E-state index in [0.717, 1.165) is 32.2 Å². The van der Waals surface area contributed by atoms with Crippen molar-refractivity contribution in [2.45, 2.75) is 44.2 Å². The Kier molecular flexibility index (Phi) is 8.47. The van der Waals surface area contributed by atoms with Gasteiger partial charge in [-0.3, -0.25) is 0 Å². The highest BCUT2D eigenvalue weighted by atomic mass is 35.5. The minimum atomic E-state index is -0.386. The van der Waals surface area contributed by atoms with Crippen LogP contribution in [0.4, 0.5) is 9.18 Å². The van der Waals surface area contributed by atoms with Crippen molar-refractivity contribution in [1.82, 2.24) is 9.80 Å². The molecule has 29 heavy (non-hydrogen) atoms. The van der Waals surface area contributed by atoms with Gasteiger partial charge in [0.25, 0.3) is 0 Å². The molecule has 0 radical (unpaired) electrons. The SMILES string of the molecule is CN(C)Cc1ccc([C@H]2CC[C@H](N(C)C(=O)Oc3ccc(F)cc3)CC2)cc1.Cl. The van der Waals surface area contributed by atoms with Crippen molar-refractivity contribution in [3.63, 3.8) is 0 Å². The van der Waals surface area contributed by atoms with E-state index in [4.69, 9.17) is 4.74 Å². The van der Waals surface area contributed by atoms with Gasteiger partial charge in [-0.25, -0.2) is 9.18 Å². The van der Waals surface area contributed by atoms with Gasteiger partial charge in [0.15, 0.2) is 0 Å². The fourth-order valence-corrected chi connectivity index (χ4v) is 3.88. The molecule has 0 saturated heterocycles. The van der Waals surface area contributed by atoms with Crippen molar-refractivity contribution >= 4 is 18.5 Å². The molecule has 0 aromatic heterocycles. The minimum absolute atomic E-state index is 0. The molecule has 0 atom stereocenters. The molecule has 1 aliphatic carbocycles. The van der Waals surface area contributed by atoms with Gasteiger partial charge < -0.3 is 14.5 Å². The summed E-state index contributed by atoms with van der Waals surface area (Å²) >= 11 is 0. The van der Waals surface area contributed by atoms with Crippen molar-refractivity contribution in [2.24, 2.45) is 0 Å². The van der Waals surface area contributed by atoms with Gasteiger partial charge in [-0.1, -0.05) is 24.3 Å². The largest absolute Gasteiger partial charge is 0.415 e. The molecule has 0 N–H and O–H groups in total. The van der Waals surface area contributed by atoms with Crippen LogP contribution in [-0.4, -0.2) is 43.1 Å². The first-order chi connectivity index (χ1) is 13.4. The predicted molar refractivity (Wildman–Crippen MR) is 116 cm³/mol. The van der Waals surface area contributed by atoms with Crippen LogP contribution in [0.1, 0.15) is 42.7 Å². The highest BCUT2D eigenvalue weighted by Gasteiger charge is 2.28. The van der Waals surface area contributed by atoms with E-state index in [9.17, 15) is 9.18 Å². The Morgan fingerprint density at radius 2 is 1.55 bits per heavy atom. The Morgan fingerprint density at radius 1 is 0.966 bits per heavy atom. The van der Waals surface area contributed by atoms with Crippen LogP contribution >= 0.6 is 12.4 Å². The molecule has 0 aliphatic heterocycles. The molecule has 1 fully saturated rings. The lowest BCUT2D eigenvalue weighted by molar-refractivity contribution is 0.130. The molecule has 0 bridgehead atoms. The second-order valence-electron chi connectivity index (χ2n) is 7.92. The average Bonchev–Trinajstić information content (AvgIpc) is 2.69. The van der Waals surface area contributed by atoms with Gasteiger partial charge in [-0.05, 0) is 81.1 Å². The maximum Gasteiger partial charge on any atom is 0.415 e. The maximum absolute atomic E-state index is 13.0. The molecular formula is C23H30ClFN2O2. The second-order valence-corrected chi connectivity index (χ2v) is 7.92. The van der Waals surface area contributed by atoms with Gasteiger partial charge >= 0.3 is 6.09 Å². The molecule has 1 amide bonds. The summed E-state index contributed by atoms with van der Waals surface area (Å²) in [5, 5.41) is 0.